The lowest BCUT2D eigenvalue weighted by molar-refractivity contribution is -0.309. The number of aliphatic carboxylic acids is 1. The van der Waals surface area contributed by atoms with Crippen LogP contribution in [0.25, 0.3) is 0 Å². The molecule has 0 N–H and O–H groups in total. The monoisotopic (exact) mass is 317 g/mol. The van der Waals surface area contributed by atoms with Crippen molar-refractivity contribution < 1.29 is 32.3 Å². The van der Waals surface area contributed by atoms with Crippen molar-refractivity contribution in [3.63, 3.8) is 0 Å². The first-order valence-electron chi connectivity index (χ1n) is 6.56. The van der Waals surface area contributed by atoms with Crippen LogP contribution in [0.1, 0.15) is 25.0 Å². The van der Waals surface area contributed by atoms with Crippen LogP contribution in [0.5, 0.6) is 0 Å². The zero-order valence-corrected chi connectivity index (χ0v) is 12.1. The Kier molecular flexibility index (Phi) is 3.79. The fraction of sp³-hybridized carbons (Fsp3) is 0.467. The average molecular weight is 317 g/mol. The van der Waals surface area contributed by atoms with Gasteiger partial charge in [-0.2, -0.15) is 0 Å². The van der Waals surface area contributed by atoms with Crippen LogP contribution in [-0.4, -0.2) is 11.8 Å². The van der Waals surface area contributed by atoms with Crippen molar-refractivity contribution in [3.05, 3.63) is 34.4 Å². The van der Waals surface area contributed by atoms with Crippen molar-refractivity contribution in [2.24, 2.45) is 17.3 Å². The quantitative estimate of drug-likeness (QED) is 0.627. The molecule has 3 nitrogen and oxygen atoms in total. The standard InChI is InChI=1S/C15H14F4O3/c1-5-10(16)12(18)6(13(19)11(5)17)4-7(20)8-9(14(21)22)15(8,2)3/h8-9H,4H2,1-3H3,(H,21,22)/p-1. The second kappa shape index (κ2) is 5.07. The van der Waals surface area contributed by atoms with E-state index in [0.717, 1.165) is 6.92 Å². The highest BCUT2D eigenvalue weighted by Crippen LogP contribution is 2.58. The van der Waals surface area contributed by atoms with Crippen molar-refractivity contribution in [3.8, 4) is 0 Å². The summed E-state index contributed by atoms with van der Waals surface area (Å²) in [5.41, 5.74) is -2.75. The van der Waals surface area contributed by atoms with Crippen molar-refractivity contribution >= 4 is 11.8 Å². The van der Waals surface area contributed by atoms with E-state index in [9.17, 15) is 32.3 Å². The molecule has 7 heteroatoms. The molecule has 1 fully saturated rings. The molecule has 0 aromatic heterocycles. The van der Waals surface area contributed by atoms with Gasteiger partial charge in [-0.25, -0.2) is 17.6 Å². The van der Waals surface area contributed by atoms with E-state index in [0.29, 0.717) is 0 Å². The van der Waals surface area contributed by atoms with Gasteiger partial charge in [0.15, 0.2) is 23.3 Å². The van der Waals surface area contributed by atoms with Crippen LogP contribution in [0.3, 0.4) is 0 Å². The number of Topliss-reactive ketones (excluding diaryl/α,β-unsaturated/α-hetero) is 1. The highest BCUT2D eigenvalue weighted by molar-refractivity contribution is 5.93. The van der Waals surface area contributed by atoms with Gasteiger partial charge in [0.2, 0.25) is 0 Å². The van der Waals surface area contributed by atoms with Crippen LogP contribution in [-0.2, 0) is 16.0 Å². The fourth-order valence-corrected chi connectivity index (χ4v) is 2.90. The number of benzene rings is 1. The molecule has 2 atom stereocenters. The molecule has 1 aliphatic rings. The molecular formula is C15H13F4O3-. The summed E-state index contributed by atoms with van der Waals surface area (Å²) in [5.74, 6) is -10.7. The largest absolute Gasteiger partial charge is 0.550 e. The molecule has 0 bridgehead atoms. The molecular weight excluding hydrogens is 304 g/mol. The van der Waals surface area contributed by atoms with Crippen molar-refractivity contribution in [2.75, 3.05) is 0 Å². The predicted octanol–water partition coefficient (Wildman–Crippen LogP) is 1.69. The van der Waals surface area contributed by atoms with E-state index in [1.807, 2.05) is 0 Å². The van der Waals surface area contributed by atoms with Crippen LogP contribution < -0.4 is 5.11 Å². The lowest BCUT2D eigenvalue weighted by Gasteiger charge is -2.09. The minimum atomic E-state index is -1.63. The first kappa shape index (κ1) is 16.5. The number of carbonyl (C=O) groups excluding carboxylic acids is 2. The van der Waals surface area contributed by atoms with Crippen molar-refractivity contribution in [1.82, 2.24) is 0 Å². The highest BCUT2D eigenvalue weighted by Gasteiger charge is 2.61. The Balaban J connectivity index is 2.34. The van der Waals surface area contributed by atoms with Crippen LogP contribution >= 0.6 is 0 Å². The number of carboxylic acid groups (broad SMARTS) is 1. The summed E-state index contributed by atoms with van der Waals surface area (Å²) in [6.07, 6.45) is -0.913. The SMILES string of the molecule is Cc1c(F)c(F)c(CC(=O)C2C(C(=O)[O-])C2(C)C)c(F)c1F. The van der Waals surface area contributed by atoms with Gasteiger partial charge in [0.1, 0.15) is 5.78 Å². The smallest absolute Gasteiger partial charge is 0.165 e. The first-order valence-corrected chi connectivity index (χ1v) is 6.56. The normalized spacial score (nSPS) is 22.5. The molecule has 22 heavy (non-hydrogen) atoms. The van der Waals surface area contributed by atoms with Gasteiger partial charge in [-0.3, -0.25) is 4.79 Å². The molecule has 0 spiro atoms. The van der Waals surface area contributed by atoms with Gasteiger partial charge in [0.25, 0.3) is 0 Å². The van der Waals surface area contributed by atoms with Gasteiger partial charge in [-0.1, -0.05) is 13.8 Å². The Morgan fingerprint density at radius 2 is 1.45 bits per heavy atom. The molecule has 120 valence electrons. The maximum absolute atomic E-state index is 13.7. The Hall–Kier alpha value is -1.92. The van der Waals surface area contributed by atoms with Gasteiger partial charge >= 0.3 is 0 Å². The predicted molar refractivity (Wildman–Crippen MR) is 65.5 cm³/mol. The molecule has 0 heterocycles. The Bertz CT molecular complexity index is 653. The molecule has 1 aromatic carbocycles. The Labute approximate surface area is 123 Å². The zero-order valence-electron chi connectivity index (χ0n) is 12.1. The fourth-order valence-electron chi connectivity index (χ4n) is 2.90. The van der Waals surface area contributed by atoms with Crippen LogP contribution in [0.15, 0.2) is 0 Å². The molecule has 1 aliphatic carbocycles. The van der Waals surface area contributed by atoms with Crippen molar-refractivity contribution in [2.45, 2.75) is 27.2 Å². The van der Waals surface area contributed by atoms with Gasteiger partial charge in [0, 0.05) is 35.4 Å². The summed E-state index contributed by atoms with van der Waals surface area (Å²) in [6.45, 7) is 3.87. The molecule has 2 unspecified atom stereocenters. The third-order valence-corrected chi connectivity index (χ3v) is 4.35. The molecule has 0 amide bonds. The van der Waals surface area contributed by atoms with E-state index in [-0.39, 0.29) is 0 Å². The van der Waals surface area contributed by atoms with E-state index in [4.69, 9.17) is 0 Å². The van der Waals surface area contributed by atoms with E-state index < -0.39 is 69.8 Å². The number of halogens is 4. The van der Waals surface area contributed by atoms with Gasteiger partial charge in [-0.15, -0.1) is 0 Å². The van der Waals surface area contributed by atoms with Gasteiger partial charge in [0.05, 0.1) is 0 Å². The lowest BCUT2D eigenvalue weighted by atomic mass is 9.99. The number of hydrogen-bond donors (Lipinski definition) is 0. The van der Waals surface area contributed by atoms with Crippen LogP contribution in [0.4, 0.5) is 17.6 Å². The summed E-state index contributed by atoms with van der Waals surface area (Å²) in [6, 6.07) is 0. The lowest BCUT2D eigenvalue weighted by Crippen LogP contribution is -2.27. The minimum Gasteiger partial charge on any atom is -0.550 e. The number of rotatable bonds is 4. The van der Waals surface area contributed by atoms with E-state index in [1.165, 1.54) is 13.8 Å². The van der Waals surface area contributed by atoms with E-state index >= 15 is 0 Å². The molecule has 2 rings (SSSR count). The highest BCUT2D eigenvalue weighted by atomic mass is 19.2. The molecule has 0 aliphatic heterocycles. The van der Waals surface area contributed by atoms with Gasteiger partial charge in [-0.05, 0) is 12.3 Å². The number of hydrogen-bond acceptors (Lipinski definition) is 3. The third-order valence-electron chi connectivity index (χ3n) is 4.35. The summed E-state index contributed by atoms with van der Waals surface area (Å²) in [7, 11) is 0. The first-order chi connectivity index (χ1) is 10.0. The topological polar surface area (TPSA) is 57.2 Å². The summed E-state index contributed by atoms with van der Waals surface area (Å²) in [4.78, 5) is 22.9. The van der Waals surface area contributed by atoms with Crippen molar-refractivity contribution in [1.29, 1.82) is 0 Å². The summed E-state index contributed by atoms with van der Waals surface area (Å²) in [5, 5.41) is 10.9. The zero-order chi connectivity index (χ0) is 17.0. The van der Waals surface area contributed by atoms with Crippen LogP contribution in [0.2, 0.25) is 0 Å². The summed E-state index contributed by atoms with van der Waals surface area (Å²) < 4.78 is 54.4. The third kappa shape index (κ3) is 2.28. The second-order valence-electron chi connectivity index (χ2n) is 6.10. The van der Waals surface area contributed by atoms with E-state index in [2.05, 4.69) is 0 Å². The van der Waals surface area contributed by atoms with Crippen LogP contribution in [0, 0.1) is 47.4 Å². The number of ketones is 1. The molecule has 0 radical (unpaired) electrons. The molecule has 1 saturated carbocycles. The minimum absolute atomic E-state index is 0.792. The van der Waals surface area contributed by atoms with E-state index in [1.54, 1.807) is 0 Å². The number of carboxylic acids is 1. The number of carbonyl (C=O) groups is 2. The average Bonchev–Trinajstić information content (AvgIpc) is 3.02. The second-order valence-corrected chi connectivity index (χ2v) is 6.10. The Morgan fingerprint density at radius 3 is 1.82 bits per heavy atom. The maximum Gasteiger partial charge on any atom is 0.165 e. The Morgan fingerprint density at radius 1 is 1.00 bits per heavy atom. The van der Waals surface area contributed by atoms with Gasteiger partial charge < -0.3 is 9.90 Å². The molecule has 1 aromatic rings. The summed E-state index contributed by atoms with van der Waals surface area (Å²) >= 11 is 0. The maximum atomic E-state index is 13.7. The molecule has 0 saturated heterocycles.